The Kier molecular flexibility index (Phi) is 8.66. The zero-order chi connectivity index (χ0) is 26.5. The lowest BCUT2D eigenvalue weighted by Crippen LogP contribution is -2.46. The van der Waals surface area contributed by atoms with E-state index >= 15 is 4.39 Å². The van der Waals surface area contributed by atoms with Gasteiger partial charge in [-0.3, -0.25) is 23.5 Å². The van der Waals surface area contributed by atoms with Gasteiger partial charge in [0.2, 0.25) is 5.91 Å². The minimum absolute atomic E-state index is 0.0273. The summed E-state index contributed by atoms with van der Waals surface area (Å²) in [5.74, 6) is -1.58. The SMILES string of the molecule is CCOC(=O)CC(C)NC(=O)Cn1c(=O)c2cc(F)c(NC3CCCCC3)cc2n(C2CCCC2)c1=O. The van der Waals surface area contributed by atoms with Crippen molar-refractivity contribution < 1.29 is 18.7 Å². The van der Waals surface area contributed by atoms with Gasteiger partial charge in [0.15, 0.2) is 0 Å². The number of hydrogen-bond donors (Lipinski definition) is 2. The second-order valence-corrected chi connectivity index (χ2v) is 10.3. The molecule has 1 heterocycles. The molecule has 2 fully saturated rings. The average molecular weight is 517 g/mol. The van der Waals surface area contributed by atoms with Crippen LogP contribution in [0, 0.1) is 5.82 Å². The quantitative estimate of drug-likeness (QED) is 0.493. The molecule has 1 aromatic carbocycles. The van der Waals surface area contributed by atoms with Gasteiger partial charge in [-0.15, -0.1) is 0 Å². The smallest absolute Gasteiger partial charge is 0.332 e. The van der Waals surface area contributed by atoms with E-state index in [-0.39, 0.29) is 30.5 Å². The fourth-order valence-corrected chi connectivity index (χ4v) is 5.62. The van der Waals surface area contributed by atoms with Gasteiger partial charge in [-0.2, -0.15) is 0 Å². The molecule has 0 bridgehead atoms. The fraction of sp³-hybridized carbons (Fsp3) is 0.630. The molecule has 10 heteroatoms. The van der Waals surface area contributed by atoms with Gasteiger partial charge < -0.3 is 15.4 Å². The Morgan fingerprint density at radius 1 is 1.08 bits per heavy atom. The highest BCUT2D eigenvalue weighted by Crippen LogP contribution is 2.32. The van der Waals surface area contributed by atoms with Gasteiger partial charge in [-0.25, -0.2) is 9.18 Å². The first kappa shape index (κ1) is 26.9. The molecule has 1 unspecified atom stereocenters. The third-order valence-electron chi connectivity index (χ3n) is 7.40. The van der Waals surface area contributed by atoms with Gasteiger partial charge in [0.05, 0.1) is 29.6 Å². The standard InChI is InChI=1S/C27H37FN4O5/c1-3-37-25(34)13-17(2)29-24(33)16-31-26(35)20-14-21(28)22(30-18-9-5-4-6-10-18)15-23(20)32(27(31)36)19-11-7-8-12-19/h14-15,17-19,30H,3-13,16H2,1-2H3,(H,29,33). The number of rotatable bonds is 9. The van der Waals surface area contributed by atoms with E-state index in [1.165, 1.54) is 12.5 Å². The monoisotopic (exact) mass is 516 g/mol. The summed E-state index contributed by atoms with van der Waals surface area (Å²) in [5.41, 5.74) is -0.583. The highest BCUT2D eigenvalue weighted by molar-refractivity contribution is 5.83. The predicted octanol–water partition coefficient (Wildman–Crippen LogP) is 3.62. The lowest BCUT2D eigenvalue weighted by atomic mass is 9.95. The maximum Gasteiger partial charge on any atom is 0.332 e. The van der Waals surface area contributed by atoms with Crippen LogP contribution >= 0.6 is 0 Å². The number of carbonyl (C=O) groups excluding carboxylic acids is 2. The Hall–Kier alpha value is -3.17. The first-order chi connectivity index (χ1) is 17.8. The number of esters is 1. The highest BCUT2D eigenvalue weighted by atomic mass is 19.1. The van der Waals surface area contributed by atoms with Crippen LogP contribution in [0.1, 0.15) is 84.1 Å². The van der Waals surface area contributed by atoms with E-state index in [0.717, 1.165) is 55.9 Å². The largest absolute Gasteiger partial charge is 0.466 e. The topological polar surface area (TPSA) is 111 Å². The van der Waals surface area contributed by atoms with Crippen LogP contribution in [0.3, 0.4) is 0 Å². The third-order valence-corrected chi connectivity index (χ3v) is 7.40. The maximum absolute atomic E-state index is 15.2. The molecule has 2 aliphatic rings. The lowest BCUT2D eigenvalue weighted by molar-refractivity contribution is -0.143. The number of amides is 1. The van der Waals surface area contributed by atoms with Crippen LogP contribution in [0.2, 0.25) is 0 Å². The van der Waals surface area contributed by atoms with Crippen molar-refractivity contribution in [2.24, 2.45) is 0 Å². The van der Waals surface area contributed by atoms with Gasteiger partial charge >= 0.3 is 11.7 Å². The van der Waals surface area contributed by atoms with E-state index in [1.54, 1.807) is 24.5 Å². The van der Waals surface area contributed by atoms with E-state index in [2.05, 4.69) is 10.6 Å². The predicted molar refractivity (Wildman–Crippen MR) is 139 cm³/mol. The lowest BCUT2D eigenvalue weighted by Gasteiger charge is -2.25. The van der Waals surface area contributed by atoms with E-state index in [1.807, 2.05) is 0 Å². The van der Waals surface area contributed by atoms with Crippen molar-refractivity contribution in [2.45, 2.75) is 103 Å². The molecular weight excluding hydrogens is 479 g/mol. The summed E-state index contributed by atoms with van der Waals surface area (Å²) >= 11 is 0. The zero-order valence-electron chi connectivity index (χ0n) is 21.7. The van der Waals surface area contributed by atoms with Crippen molar-refractivity contribution in [3.05, 3.63) is 38.8 Å². The van der Waals surface area contributed by atoms with E-state index in [0.29, 0.717) is 11.2 Å². The number of nitrogens with one attached hydrogen (secondary N) is 2. The van der Waals surface area contributed by atoms with Crippen molar-refractivity contribution in [3.8, 4) is 0 Å². The number of ether oxygens (including phenoxy) is 1. The van der Waals surface area contributed by atoms with Gasteiger partial charge in [0.1, 0.15) is 12.4 Å². The Morgan fingerprint density at radius 2 is 1.76 bits per heavy atom. The molecule has 1 aromatic heterocycles. The second-order valence-electron chi connectivity index (χ2n) is 10.3. The van der Waals surface area contributed by atoms with Crippen molar-refractivity contribution in [1.29, 1.82) is 0 Å². The van der Waals surface area contributed by atoms with Crippen LogP contribution in [-0.2, 0) is 20.9 Å². The summed E-state index contributed by atoms with van der Waals surface area (Å²) in [4.78, 5) is 51.4. The Labute approximate surface area is 215 Å². The summed E-state index contributed by atoms with van der Waals surface area (Å²) < 4.78 is 22.5. The first-order valence-corrected chi connectivity index (χ1v) is 13.5. The summed E-state index contributed by atoms with van der Waals surface area (Å²) in [7, 11) is 0. The number of hydrogen-bond acceptors (Lipinski definition) is 6. The number of anilines is 1. The fourth-order valence-electron chi connectivity index (χ4n) is 5.62. The van der Waals surface area contributed by atoms with Crippen molar-refractivity contribution >= 4 is 28.5 Å². The van der Waals surface area contributed by atoms with E-state index in [4.69, 9.17) is 4.74 Å². The molecule has 1 amide bonds. The van der Waals surface area contributed by atoms with Crippen LogP contribution in [0.4, 0.5) is 10.1 Å². The van der Waals surface area contributed by atoms with E-state index < -0.39 is 41.5 Å². The molecule has 9 nitrogen and oxygen atoms in total. The van der Waals surface area contributed by atoms with Crippen LogP contribution < -0.4 is 21.9 Å². The number of benzene rings is 1. The molecule has 0 radical (unpaired) electrons. The first-order valence-electron chi connectivity index (χ1n) is 13.5. The molecule has 4 rings (SSSR count). The molecule has 2 saturated carbocycles. The van der Waals surface area contributed by atoms with Crippen LogP contribution in [0.5, 0.6) is 0 Å². The number of carbonyl (C=O) groups is 2. The molecule has 0 aliphatic heterocycles. The second kappa shape index (κ2) is 11.9. The van der Waals surface area contributed by atoms with Crippen LogP contribution in [0.15, 0.2) is 21.7 Å². The van der Waals surface area contributed by atoms with Crippen molar-refractivity contribution in [1.82, 2.24) is 14.5 Å². The van der Waals surface area contributed by atoms with Crippen molar-refractivity contribution in [2.75, 3.05) is 11.9 Å². The normalized spacial score (nSPS) is 17.6. The van der Waals surface area contributed by atoms with E-state index in [9.17, 15) is 19.2 Å². The summed E-state index contributed by atoms with van der Waals surface area (Å²) in [6.45, 7) is 3.06. The highest BCUT2D eigenvalue weighted by Gasteiger charge is 2.26. The molecule has 1 atom stereocenters. The summed E-state index contributed by atoms with van der Waals surface area (Å²) in [5, 5.41) is 6.01. The number of aromatic nitrogens is 2. The molecule has 0 spiro atoms. The molecule has 37 heavy (non-hydrogen) atoms. The summed E-state index contributed by atoms with van der Waals surface area (Å²) in [6, 6.07) is 2.27. The summed E-state index contributed by atoms with van der Waals surface area (Å²) in [6.07, 6.45) is 8.70. The molecule has 0 saturated heterocycles. The minimum atomic E-state index is -0.703. The molecule has 2 aliphatic carbocycles. The van der Waals surface area contributed by atoms with Gasteiger partial charge in [0.25, 0.3) is 5.56 Å². The Morgan fingerprint density at radius 3 is 2.43 bits per heavy atom. The van der Waals surface area contributed by atoms with Gasteiger partial charge in [-0.1, -0.05) is 32.1 Å². The van der Waals surface area contributed by atoms with Crippen LogP contribution in [0.25, 0.3) is 10.9 Å². The number of halogens is 1. The van der Waals surface area contributed by atoms with Crippen molar-refractivity contribution in [3.63, 3.8) is 0 Å². The van der Waals surface area contributed by atoms with Crippen LogP contribution in [-0.4, -0.2) is 39.7 Å². The molecule has 2 aromatic rings. The van der Waals surface area contributed by atoms with Gasteiger partial charge in [-0.05, 0) is 51.7 Å². The molecule has 2 N–H and O–H groups in total. The molecular formula is C27H37FN4O5. The zero-order valence-corrected chi connectivity index (χ0v) is 21.7. The Bertz CT molecular complexity index is 1260. The van der Waals surface area contributed by atoms with Gasteiger partial charge in [0, 0.05) is 18.1 Å². The number of nitrogens with zero attached hydrogens (tertiary/aromatic N) is 2. The molecule has 202 valence electrons. The third kappa shape index (κ3) is 6.22. The maximum atomic E-state index is 15.2. The Balaban J connectivity index is 1.68. The number of fused-ring (bicyclic) bond motifs is 1. The minimum Gasteiger partial charge on any atom is -0.466 e. The average Bonchev–Trinajstić information content (AvgIpc) is 3.38.